The van der Waals surface area contributed by atoms with Crippen molar-refractivity contribution in [2.24, 2.45) is 5.92 Å². The molecule has 0 aliphatic heterocycles. The Labute approximate surface area is 271 Å². The Morgan fingerprint density at radius 2 is 1.44 bits per heavy atom. The summed E-state index contributed by atoms with van der Waals surface area (Å²) in [6.07, 6.45) is -16.3. The second-order valence-corrected chi connectivity index (χ2v) is 11.4. The molecule has 0 heterocycles. The Kier molecular flexibility index (Phi) is 10.3. The summed E-state index contributed by atoms with van der Waals surface area (Å²) < 4.78 is 184. The smallest absolute Gasteiger partial charge is 0.428 e. The normalized spacial score (nSPS) is 16.8. The first-order chi connectivity index (χ1) is 22.1. The summed E-state index contributed by atoms with van der Waals surface area (Å²) in [5, 5.41) is 2.23. The van der Waals surface area contributed by atoms with Crippen LogP contribution in [0.5, 0.6) is 5.75 Å². The third kappa shape index (κ3) is 8.15. The van der Waals surface area contributed by atoms with Crippen molar-refractivity contribution in [2.75, 3.05) is 0 Å². The van der Waals surface area contributed by atoms with Gasteiger partial charge in [0.05, 0.1) is 16.7 Å². The van der Waals surface area contributed by atoms with Crippen molar-refractivity contribution >= 4 is 21.8 Å². The largest absolute Gasteiger partial charge is 0.461 e. The molecule has 258 valence electrons. The third-order valence-corrected chi connectivity index (χ3v) is 7.80. The Morgan fingerprint density at radius 1 is 0.833 bits per heavy atom. The van der Waals surface area contributed by atoms with Crippen LogP contribution in [0.1, 0.15) is 45.5 Å². The molecule has 4 rings (SSSR count). The Balaban J connectivity index is 2.03. The standard InChI is InChI=1S/C31H19BrF13NO2/c32-19-5-1-15(2-6-19)14-28(17-4-8-25(35)23(12-17)30(41,42)43,18-10-20(33)13-21(11-18)48-31(44,45)27(36)37)46-26(47)16-3-7-24(34)22(9-16)29(38,39)40/h1,3-13,15,27H,2,14H2,(H,46,47)/t15?,28-/m0/s1. The summed E-state index contributed by atoms with van der Waals surface area (Å²) in [7, 11) is 0. The van der Waals surface area contributed by atoms with Crippen molar-refractivity contribution in [3.05, 3.63) is 123 Å². The number of nitrogens with one attached hydrogen (secondary N) is 1. The van der Waals surface area contributed by atoms with E-state index in [4.69, 9.17) is 0 Å². The molecule has 0 spiro atoms. The lowest BCUT2D eigenvalue weighted by atomic mass is 9.74. The highest BCUT2D eigenvalue weighted by atomic mass is 79.9. The molecule has 0 radical (unpaired) electrons. The van der Waals surface area contributed by atoms with Crippen LogP contribution < -0.4 is 10.1 Å². The minimum atomic E-state index is -5.37. The van der Waals surface area contributed by atoms with E-state index in [9.17, 15) is 57.5 Å². The van der Waals surface area contributed by atoms with Crippen molar-refractivity contribution in [1.82, 2.24) is 5.32 Å². The van der Waals surface area contributed by atoms with Gasteiger partial charge in [-0.25, -0.2) is 13.2 Å². The fraction of sp³-hybridized carbons (Fsp3) is 0.258. The summed E-state index contributed by atoms with van der Waals surface area (Å²) in [6.45, 7) is 0. The molecule has 17 heteroatoms. The molecule has 1 unspecified atom stereocenters. The van der Waals surface area contributed by atoms with E-state index in [2.05, 4.69) is 26.0 Å². The summed E-state index contributed by atoms with van der Waals surface area (Å²) in [5.74, 6) is -8.67. The average molecular weight is 764 g/mol. The van der Waals surface area contributed by atoms with Crippen LogP contribution in [0.4, 0.5) is 57.1 Å². The molecule has 3 aromatic carbocycles. The van der Waals surface area contributed by atoms with E-state index in [1.807, 2.05) is 0 Å². The summed E-state index contributed by atoms with van der Waals surface area (Å²) in [4.78, 5) is 13.6. The van der Waals surface area contributed by atoms with Gasteiger partial charge in [-0.15, -0.1) is 0 Å². The lowest BCUT2D eigenvalue weighted by Crippen LogP contribution is -2.48. The number of ether oxygens (including phenoxy) is 1. The third-order valence-electron chi connectivity index (χ3n) is 7.21. The number of allylic oxidation sites excluding steroid dienone is 4. The van der Waals surface area contributed by atoms with Gasteiger partial charge in [0.1, 0.15) is 23.2 Å². The zero-order chi connectivity index (χ0) is 35.8. The molecule has 0 fully saturated rings. The molecule has 1 N–H and O–H groups in total. The van der Waals surface area contributed by atoms with Gasteiger partial charge in [-0.2, -0.15) is 43.9 Å². The van der Waals surface area contributed by atoms with Gasteiger partial charge < -0.3 is 10.1 Å². The molecule has 1 aliphatic rings. The lowest BCUT2D eigenvalue weighted by Gasteiger charge is -2.39. The van der Waals surface area contributed by atoms with E-state index < -0.39 is 99.7 Å². The van der Waals surface area contributed by atoms with Gasteiger partial charge in [0.25, 0.3) is 5.91 Å². The zero-order valence-corrected chi connectivity index (χ0v) is 25.2. The maximum absolute atomic E-state index is 15.0. The molecule has 0 bridgehead atoms. The SMILES string of the molecule is O=C(N[C@](CC1C=CC(Br)=CC1)(c1cc(F)cc(OC(F)(F)C(F)F)c1)c1ccc(F)c(C(F)(F)F)c1)c1ccc(F)c(C(F)(F)F)c1. The molecule has 48 heavy (non-hydrogen) atoms. The van der Waals surface area contributed by atoms with Gasteiger partial charge in [0.2, 0.25) is 0 Å². The highest BCUT2D eigenvalue weighted by Crippen LogP contribution is 2.44. The number of carbonyl (C=O) groups excluding carboxylic acids is 1. The summed E-state index contributed by atoms with van der Waals surface area (Å²) in [6, 6.07) is 3.47. The van der Waals surface area contributed by atoms with Crippen molar-refractivity contribution < 1.29 is 66.6 Å². The van der Waals surface area contributed by atoms with Crippen molar-refractivity contribution in [1.29, 1.82) is 0 Å². The van der Waals surface area contributed by atoms with E-state index in [1.54, 1.807) is 6.08 Å². The van der Waals surface area contributed by atoms with Crippen LogP contribution in [0.15, 0.2) is 77.3 Å². The number of hydrogen-bond acceptors (Lipinski definition) is 2. The van der Waals surface area contributed by atoms with E-state index in [0.29, 0.717) is 34.8 Å². The maximum Gasteiger partial charge on any atom is 0.461 e. The van der Waals surface area contributed by atoms with Gasteiger partial charge in [0, 0.05) is 16.1 Å². The van der Waals surface area contributed by atoms with Gasteiger partial charge in [-0.05, 0) is 72.4 Å². The predicted molar refractivity (Wildman–Crippen MR) is 148 cm³/mol. The van der Waals surface area contributed by atoms with Crippen LogP contribution in [0.3, 0.4) is 0 Å². The average Bonchev–Trinajstić information content (AvgIpc) is 2.96. The van der Waals surface area contributed by atoms with Crippen LogP contribution in [0.25, 0.3) is 0 Å². The molecule has 0 saturated carbocycles. The highest BCUT2D eigenvalue weighted by Gasteiger charge is 2.46. The molecular formula is C31H19BrF13NO2. The molecule has 1 aliphatic carbocycles. The lowest BCUT2D eigenvalue weighted by molar-refractivity contribution is -0.253. The van der Waals surface area contributed by atoms with Crippen LogP contribution in [-0.4, -0.2) is 18.4 Å². The molecule has 0 aromatic heterocycles. The van der Waals surface area contributed by atoms with E-state index in [1.165, 1.54) is 12.2 Å². The number of rotatable bonds is 9. The van der Waals surface area contributed by atoms with Crippen molar-refractivity contribution in [2.45, 2.75) is 43.3 Å². The molecular weight excluding hydrogens is 745 g/mol. The number of alkyl halides is 10. The quantitative estimate of drug-likeness (QED) is 0.221. The molecule has 1 amide bonds. The highest BCUT2D eigenvalue weighted by molar-refractivity contribution is 9.11. The minimum Gasteiger partial charge on any atom is -0.428 e. The van der Waals surface area contributed by atoms with Crippen LogP contribution in [-0.2, 0) is 17.9 Å². The Hall–Kier alpha value is -4.02. The van der Waals surface area contributed by atoms with Crippen LogP contribution in [0, 0.1) is 23.4 Å². The fourth-order valence-corrected chi connectivity index (χ4v) is 5.35. The fourth-order valence-electron chi connectivity index (χ4n) is 5.01. The number of hydrogen-bond donors (Lipinski definition) is 1. The first-order valence-electron chi connectivity index (χ1n) is 13.4. The number of carbonyl (C=O) groups is 1. The van der Waals surface area contributed by atoms with Crippen LogP contribution in [0.2, 0.25) is 0 Å². The molecule has 2 atom stereocenters. The van der Waals surface area contributed by atoms with Crippen molar-refractivity contribution in [3.63, 3.8) is 0 Å². The number of benzene rings is 3. The van der Waals surface area contributed by atoms with Gasteiger partial charge >= 0.3 is 24.9 Å². The van der Waals surface area contributed by atoms with Gasteiger partial charge in [-0.1, -0.05) is 40.2 Å². The van der Waals surface area contributed by atoms with E-state index in [0.717, 1.165) is 0 Å². The topological polar surface area (TPSA) is 38.3 Å². The summed E-state index contributed by atoms with van der Waals surface area (Å²) >= 11 is 3.20. The number of halogens is 14. The van der Waals surface area contributed by atoms with Gasteiger partial charge in [0.15, 0.2) is 0 Å². The van der Waals surface area contributed by atoms with E-state index >= 15 is 4.39 Å². The monoisotopic (exact) mass is 763 g/mol. The Morgan fingerprint density at radius 3 is 2.00 bits per heavy atom. The summed E-state index contributed by atoms with van der Waals surface area (Å²) in [5.41, 5.74) is -8.66. The second-order valence-electron chi connectivity index (χ2n) is 10.5. The minimum absolute atomic E-state index is 0.0684. The van der Waals surface area contributed by atoms with E-state index in [-0.39, 0.29) is 30.7 Å². The molecule has 3 aromatic rings. The number of amides is 1. The predicted octanol–water partition coefficient (Wildman–Crippen LogP) is 10.3. The first-order valence-corrected chi connectivity index (χ1v) is 14.2. The first kappa shape index (κ1) is 36.8. The van der Waals surface area contributed by atoms with Crippen LogP contribution >= 0.6 is 15.9 Å². The maximum atomic E-state index is 15.0. The zero-order valence-electron chi connectivity index (χ0n) is 23.6. The van der Waals surface area contributed by atoms with Gasteiger partial charge in [-0.3, -0.25) is 4.79 Å². The Bertz CT molecular complexity index is 1750. The molecule has 3 nitrogen and oxygen atoms in total. The van der Waals surface area contributed by atoms with Crippen molar-refractivity contribution in [3.8, 4) is 5.75 Å². The molecule has 0 saturated heterocycles. The second kappa shape index (κ2) is 13.5.